The van der Waals surface area contributed by atoms with Gasteiger partial charge in [-0.3, -0.25) is 19.1 Å². The molecule has 1 aliphatic rings. The van der Waals surface area contributed by atoms with Crippen LogP contribution in [0.4, 0.5) is 10.9 Å². The molecule has 1 fully saturated rings. The van der Waals surface area contributed by atoms with Crippen LogP contribution >= 0.6 is 34.4 Å². The molecule has 0 aromatic carbocycles. The normalized spacial score (nSPS) is 13.5. The second kappa shape index (κ2) is 8.51. The van der Waals surface area contributed by atoms with E-state index in [1.807, 2.05) is 11.4 Å². The van der Waals surface area contributed by atoms with Gasteiger partial charge in [0.05, 0.1) is 5.75 Å². The van der Waals surface area contributed by atoms with Gasteiger partial charge in [-0.05, 0) is 30.7 Å². The molecule has 0 amide bonds. The number of carbonyl (C=O) groups is 1. The number of aromatic nitrogens is 4. The highest BCUT2D eigenvalue weighted by Gasteiger charge is 2.30. The van der Waals surface area contributed by atoms with Crippen LogP contribution in [0.25, 0.3) is 0 Å². The van der Waals surface area contributed by atoms with Gasteiger partial charge in [0.25, 0.3) is 5.56 Å². The molecule has 12 heteroatoms. The zero-order chi connectivity index (χ0) is 20.4. The monoisotopic (exact) mass is 450 g/mol. The fourth-order valence-corrected chi connectivity index (χ4v) is 5.18. The number of nitrogens with zero attached hydrogens (tertiary/aromatic N) is 3. The molecule has 4 N–H and O–H groups in total. The molecular weight excluding hydrogens is 432 g/mol. The number of ketones is 1. The van der Waals surface area contributed by atoms with Gasteiger partial charge in [0.2, 0.25) is 5.13 Å². The number of rotatable bonds is 9. The van der Waals surface area contributed by atoms with Crippen LogP contribution in [-0.2, 0) is 6.42 Å². The van der Waals surface area contributed by atoms with Gasteiger partial charge in [-0.2, -0.15) is 0 Å². The summed E-state index contributed by atoms with van der Waals surface area (Å²) in [6.07, 6.45) is 2.52. The van der Waals surface area contributed by atoms with E-state index in [0.717, 1.165) is 25.8 Å². The molecule has 29 heavy (non-hydrogen) atoms. The highest BCUT2D eigenvalue weighted by molar-refractivity contribution is 8.01. The third kappa shape index (κ3) is 4.60. The Morgan fingerprint density at radius 3 is 2.93 bits per heavy atom. The van der Waals surface area contributed by atoms with E-state index in [0.29, 0.717) is 9.47 Å². The smallest absolute Gasteiger partial charge is 0.330 e. The Bertz CT molecular complexity index is 1130. The Kier molecular flexibility index (Phi) is 5.83. The highest BCUT2D eigenvalue weighted by Crippen LogP contribution is 2.35. The van der Waals surface area contributed by atoms with Crippen LogP contribution in [0.5, 0.6) is 0 Å². The lowest BCUT2D eigenvalue weighted by Gasteiger charge is -2.10. The summed E-state index contributed by atoms with van der Waals surface area (Å²) in [4.78, 5) is 40.1. The maximum Gasteiger partial charge on any atom is 0.330 e. The number of Topliss-reactive ketones (excluding diaryl/α,β-unsaturated/α-hetero) is 1. The molecule has 0 aliphatic heterocycles. The number of aromatic amines is 1. The molecular formula is C17H18N6O3S3. The predicted octanol–water partition coefficient (Wildman–Crippen LogP) is 2.00. The zero-order valence-electron chi connectivity index (χ0n) is 15.2. The van der Waals surface area contributed by atoms with Crippen LogP contribution in [0, 0.1) is 0 Å². The number of nitrogen functional groups attached to an aromatic ring is 1. The van der Waals surface area contributed by atoms with E-state index in [2.05, 4.69) is 26.6 Å². The summed E-state index contributed by atoms with van der Waals surface area (Å²) in [5.41, 5.74) is 4.49. The summed E-state index contributed by atoms with van der Waals surface area (Å²) in [7, 11) is 0. The Balaban J connectivity index is 1.37. The average molecular weight is 451 g/mol. The summed E-state index contributed by atoms with van der Waals surface area (Å²) < 4.78 is 1.92. The minimum Gasteiger partial charge on any atom is -0.384 e. The number of nitrogens with two attached hydrogens (primary N) is 1. The van der Waals surface area contributed by atoms with Crippen molar-refractivity contribution in [2.45, 2.75) is 29.6 Å². The minimum atomic E-state index is -0.747. The third-order valence-electron chi connectivity index (χ3n) is 4.33. The van der Waals surface area contributed by atoms with E-state index in [1.54, 1.807) is 11.3 Å². The summed E-state index contributed by atoms with van der Waals surface area (Å²) in [6, 6.07) is 4.06. The zero-order valence-corrected chi connectivity index (χ0v) is 17.7. The van der Waals surface area contributed by atoms with Crippen molar-refractivity contribution in [3.05, 3.63) is 48.8 Å². The minimum absolute atomic E-state index is 0.0139. The van der Waals surface area contributed by atoms with Crippen molar-refractivity contribution in [3.8, 4) is 0 Å². The molecule has 3 aromatic heterocycles. The molecule has 0 unspecified atom stereocenters. The van der Waals surface area contributed by atoms with Gasteiger partial charge in [-0.25, -0.2) is 4.79 Å². The lowest BCUT2D eigenvalue weighted by molar-refractivity contribution is 0.102. The fraction of sp³-hybridized carbons (Fsp3) is 0.353. The molecule has 1 aliphatic carbocycles. The van der Waals surface area contributed by atoms with Crippen LogP contribution in [0.1, 0.15) is 34.1 Å². The van der Waals surface area contributed by atoms with E-state index >= 15 is 0 Å². The molecule has 4 rings (SSSR count). The van der Waals surface area contributed by atoms with Gasteiger partial charge in [0, 0.05) is 17.5 Å². The number of thioether (sulfide) groups is 1. The highest BCUT2D eigenvalue weighted by atomic mass is 32.2. The molecule has 9 nitrogen and oxygen atoms in total. The van der Waals surface area contributed by atoms with E-state index in [9.17, 15) is 14.4 Å². The standard InChI is InChI=1S/C17H18N6O3S3/c18-13-12(14(25)20-16(26)23(13)9-3-4-9)11(24)8-28-17-22-21-15(29-17)19-6-5-10-2-1-7-27-10/h1-2,7,9H,3-6,8,18H2,(H,19,21)(H,20,25,26). The SMILES string of the molecule is Nc1c(C(=O)CSc2nnc(NCCc3cccs3)s2)c(=O)[nH]c(=O)n1C1CC1. The maximum atomic E-state index is 12.6. The molecule has 0 bridgehead atoms. The Morgan fingerprint density at radius 1 is 1.38 bits per heavy atom. The van der Waals surface area contributed by atoms with E-state index in [1.165, 1.54) is 32.5 Å². The first kappa shape index (κ1) is 19.9. The second-order valence-corrected chi connectivity index (χ2v) is 9.69. The molecule has 3 aromatic rings. The first-order chi connectivity index (χ1) is 14.0. The number of carbonyl (C=O) groups excluding carboxylic acids is 1. The van der Waals surface area contributed by atoms with Gasteiger partial charge in [-0.1, -0.05) is 29.2 Å². The lowest BCUT2D eigenvalue weighted by Crippen LogP contribution is -2.36. The van der Waals surface area contributed by atoms with Crippen molar-refractivity contribution in [1.29, 1.82) is 0 Å². The van der Waals surface area contributed by atoms with Gasteiger partial charge in [-0.15, -0.1) is 21.5 Å². The maximum absolute atomic E-state index is 12.6. The summed E-state index contributed by atoms with van der Waals surface area (Å²) in [5.74, 6) is -0.509. The number of hydrogen-bond donors (Lipinski definition) is 3. The van der Waals surface area contributed by atoms with Crippen molar-refractivity contribution in [3.63, 3.8) is 0 Å². The van der Waals surface area contributed by atoms with Crippen LogP contribution in [-0.4, -0.2) is 37.8 Å². The molecule has 0 atom stereocenters. The van der Waals surface area contributed by atoms with Crippen LogP contribution in [0.15, 0.2) is 31.4 Å². The molecule has 0 spiro atoms. The van der Waals surface area contributed by atoms with Gasteiger partial charge in [0.1, 0.15) is 11.4 Å². The van der Waals surface area contributed by atoms with Gasteiger partial charge >= 0.3 is 5.69 Å². The molecule has 0 saturated heterocycles. The van der Waals surface area contributed by atoms with Crippen molar-refractivity contribution in [2.24, 2.45) is 0 Å². The van der Waals surface area contributed by atoms with Gasteiger partial charge < -0.3 is 11.1 Å². The van der Waals surface area contributed by atoms with Crippen LogP contribution in [0.2, 0.25) is 0 Å². The number of nitrogens with one attached hydrogen (secondary N) is 2. The topological polar surface area (TPSA) is 136 Å². The fourth-order valence-electron chi connectivity index (χ4n) is 2.82. The summed E-state index contributed by atoms with van der Waals surface area (Å²) in [6.45, 7) is 0.743. The van der Waals surface area contributed by atoms with Crippen LogP contribution in [0.3, 0.4) is 0 Å². The first-order valence-electron chi connectivity index (χ1n) is 8.93. The quantitative estimate of drug-likeness (QED) is 0.333. The van der Waals surface area contributed by atoms with Crippen molar-refractivity contribution in [2.75, 3.05) is 23.3 Å². The number of hydrogen-bond acceptors (Lipinski definition) is 10. The van der Waals surface area contributed by atoms with E-state index in [4.69, 9.17) is 5.73 Å². The number of anilines is 2. The Hall–Kier alpha value is -2.44. The second-order valence-electron chi connectivity index (χ2n) is 6.46. The van der Waals surface area contributed by atoms with Crippen LogP contribution < -0.4 is 22.3 Å². The van der Waals surface area contributed by atoms with Crippen molar-refractivity contribution < 1.29 is 4.79 Å². The number of H-pyrrole nitrogens is 1. The number of thiophene rings is 1. The average Bonchev–Trinajstić information content (AvgIpc) is 3.17. The molecule has 1 saturated carbocycles. The third-order valence-corrected chi connectivity index (χ3v) is 7.28. The largest absolute Gasteiger partial charge is 0.384 e. The predicted molar refractivity (Wildman–Crippen MR) is 115 cm³/mol. The first-order valence-corrected chi connectivity index (χ1v) is 11.6. The van der Waals surface area contributed by atoms with E-state index < -0.39 is 17.0 Å². The Morgan fingerprint density at radius 2 is 2.21 bits per heavy atom. The van der Waals surface area contributed by atoms with Crippen molar-refractivity contribution >= 4 is 51.2 Å². The Labute approximate surface area is 177 Å². The summed E-state index contributed by atoms with van der Waals surface area (Å²) >= 11 is 4.24. The molecule has 0 radical (unpaired) electrons. The van der Waals surface area contributed by atoms with Gasteiger partial charge in [0.15, 0.2) is 10.1 Å². The van der Waals surface area contributed by atoms with Crippen molar-refractivity contribution in [1.82, 2.24) is 19.7 Å². The lowest BCUT2D eigenvalue weighted by atomic mass is 10.2. The molecule has 3 heterocycles. The molecule has 152 valence electrons. The van der Waals surface area contributed by atoms with E-state index in [-0.39, 0.29) is 23.2 Å². The summed E-state index contributed by atoms with van der Waals surface area (Å²) in [5, 5.41) is 14.1.